The predicted molar refractivity (Wildman–Crippen MR) is 311 cm³/mol. The van der Waals surface area contributed by atoms with Gasteiger partial charge in [0.1, 0.15) is 50.8 Å². The Morgan fingerprint density at radius 2 is 0.720 bits per heavy atom. The third-order valence-corrected chi connectivity index (χ3v) is 15.1. The Kier molecular flexibility index (Phi) is 42.0. The first-order valence-electron chi connectivity index (χ1n) is 29.0. The van der Waals surface area contributed by atoms with Gasteiger partial charge in [0.05, 0.1) is 13.2 Å². The van der Waals surface area contributed by atoms with Crippen LogP contribution in [0.25, 0.3) is 0 Å². The second-order valence-electron chi connectivity index (χ2n) is 24.7. The molecular formula is C60H106Cl2O20. The fourth-order valence-corrected chi connectivity index (χ4v) is 11.0. The Balaban J connectivity index is 0. The maximum absolute atomic E-state index is 11.6. The molecule has 8 unspecified atom stereocenters. The van der Waals surface area contributed by atoms with E-state index in [0.717, 1.165) is 51.4 Å². The Labute approximate surface area is 500 Å². The molecule has 0 bridgehead atoms. The second kappa shape index (κ2) is 42.9. The molecule has 0 aromatic rings. The summed E-state index contributed by atoms with van der Waals surface area (Å²) in [7, 11) is 2.81. The zero-order valence-corrected chi connectivity index (χ0v) is 54.1. The molecule has 0 spiro atoms. The van der Waals surface area contributed by atoms with E-state index >= 15 is 0 Å². The monoisotopic (exact) mass is 1220 g/mol. The van der Waals surface area contributed by atoms with Gasteiger partial charge in [0.15, 0.2) is 13.2 Å². The summed E-state index contributed by atoms with van der Waals surface area (Å²) in [6, 6.07) is 0. The van der Waals surface area contributed by atoms with Gasteiger partial charge in [-0.15, -0.1) is 0 Å². The third kappa shape index (κ3) is 41.2. The van der Waals surface area contributed by atoms with Crippen LogP contribution in [0.3, 0.4) is 0 Å². The highest BCUT2D eigenvalue weighted by atomic mass is 35.5. The maximum Gasteiger partial charge on any atom is 0.508 e. The number of ether oxygens (including phenoxy) is 10. The summed E-state index contributed by atoms with van der Waals surface area (Å²) in [5, 5.41) is 16.8. The number of halogens is 2. The molecule has 4 fully saturated rings. The first-order valence-corrected chi connectivity index (χ1v) is 29.8. The first-order chi connectivity index (χ1) is 38.1. The summed E-state index contributed by atoms with van der Waals surface area (Å²) in [5.74, 6) is -0.928. The van der Waals surface area contributed by atoms with Crippen molar-refractivity contribution in [1.29, 1.82) is 0 Å². The number of rotatable bonds is 20. The molecule has 0 aromatic heterocycles. The quantitative estimate of drug-likeness (QED) is 0.0651. The van der Waals surface area contributed by atoms with Crippen LogP contribution in [0.15, 0.2) is 0 Å². The van der Waals surface area contributed by atoms with Crippen LogP contribution in [0.2, 0.25) is 0 Å². The largest absolute Gasteiger partial charge is 0.508 e. The van der Waals surface area contributed by atoms with E-state index in [-0.39, 0.29) is 57.5 Å². The maximum atomic E-state index is 11.6. The highest BCUT2D eigenvalue weighted by molar-refractivity contribution is 6.63. The number of esters is 5. The zero-order chi connectivity index (χ0) is 63.3. The number of carbonyl (C=O) groups is 8. The molecule has 0 amide bonds. The number of methoxy groups -OCH3 is 2. The normalized spacial score (nSPS) is 22.2. The Hall–Kier alpha value is -3.82. The van der Waals surface area contributed by atoms with Gasteiger partial charge in [0, 0.05) is 25.8 Å². The molecule has 82 heavy (non-hydrogen) atoms. The van der Waals surface area contributed by atoms with Crippen LogP contribution in [-0.4, -0.2) is 148 Å². The van der Waals surface area contributed by atoms with Crippen molar-refractivity contribution in [3.63, 3.8) is 0 Å². The van der Waals surface area contributed by atoms with Crippen LogP contribution < -0.4 is 0 Å². The molecule has 4 rings (SSSR count). The van der Waals surface area contributed by atoms with Crippen molar-refractivity contribution in [2.24, 2.45) is 45.3 Å². The molecule has 480 valence electrons. The van der Waals surface area contributed by atoms with Crippen LogP contribution in [0.5, 0.6) is 0 Å². The average molecular weight is 1220 g/mol. The van der Waals surface area contributed by atoms with E-state index in [2.05, 4.69) is 79.1 Å². The van der Waals surface area contributed by atoms with Crippen molar-refractivity contribution in [3.8, 4) is 0 Å². The fraction of sp³-hybridized carbons (Fsp3) is 0.867. The van der Waals surface area contributed by atoms with Gasteiger partial charge in [0.25, 0.3) is 0 Å². The first kappa shape index (κ1) is 80.2. The van der Waals surface area contributed by atoms with Gasteiger partial charge >= 0.3 is 41.4 Å². The minimum absolute atomic E-state index is 0.00154. The zero-order valence-electron chi connectivity index (χ0n) is 52.6. The summed E-state index contributed by atoms with van der Waals surface area (Å²) >= 11 is 9.53. The minimum atomic E-state index is -0.837. The smallest absolute Gasteiger partial charge is 0.461 e. The Morgan fingerprint density at radius 1 is 0.427 bits per heavy atom. The van der Waals surface area contributed by atoms with Crippen molar-refractivity contribution < 1.29 is 95.9 Å². The summed E-state index contributed by atoms with van der Waals surface area (Å²) in [5.41, 5.74) is 0.614. The fourth-order valence-electron chi connectivity index (χ4n) is 10.8. The van der Waals surface area contributed by atoms with Gasteiger partial charge in [0.2, 0.25) is 5.24 Å². The molecule has 0 aliphatic heterocycles. The summed E-state index contributed by atoms with van der Waals surface area (Å²) in [6.07, 6.45) is 17.2. The van der Waals surface area contributed by atoms with Gasteiger partial charge in [-0.3, -0.25) is 4.79 Å². The van der Waals surface area contributed by atoms with E-state index < -0.39 is 59.9 Å². The molecule has 20 nitrogen and oxygen atoms in total. The van der Waals surface area contributed by atoms with E-state index in [1.165, 1.54) is 65.6 Å². The van der Waals surface area contributed by atoms with Crippen molar-refractivity contribution >= 4 is 69.9 Å². The molecule has 2 N–H and O–H groups in total. The van der Waals surface area contributed by atoms with Crippen molar-refractivity contribution in [3.05, 3.63) is 0 Å². The van der Waals surface area contributed by atoms with E-state index in [4.69, 9.17) is 57.1 Å². The van der Waals surface area contributed by atoms with Crippen molar-refractivity contribution in [2.75, 3.05) is 67.1 Å². The van der Waals surface area contributed by atoms with E-state index in [9.17, 15) is 38.4 Å². The van der Waals surface area contributed by atoms with Gasteiger partial charge in [-0.2, -0.15) is 0 Å². The van der Waals surface area contributed by atoms with Gasteiger partial charge < -0.3 is 57.6 Å². The van der Waals surface area contributed by atoms with Crippen LogP contribution in [-0.2, 0) is 76.1 Å². The standard InChI is InChI=1S/2C15H26O5.2C12H22O3.2C3H5ClO2/c1-11(12-6-5-7-15(2,3)8-12)20-14(17)10-19-13(16)9-18-4;1-5-18-14(17)19-10-13(16)20-11(2)12-7-6-8-15(3,4)9-12;2*1-9(15-11(14)8-13)10-5-4-6-12(2,3)7-10;1-6-2-3(4)5;1-2-6-3(4)5/h2*11-12H,5-10H2,1-4H3;2*9-10,13H,4-8H2,1-3H3;2*2H2,1H3. The molecule has 0 aromatic carbocycles. The SMILES string of the molecule is CC(OC(=O)CO)C1CCCC(C)(C)C1.CC(OC(=O)CO)C1CCCC(C)(C)C1.CCOC(=O)Cl.CCOC(=O)OCC(=O)OC(C)C1CCCC(C)(C)C1.COCC(=O)Cl.COCC(=O)OCC(=O)OC(C)C1CCCC(C)(C)C1. The number of aliphatic hydroxyl groups excluding tert-OH is 2. The van der Waals surface area contributed by atoms with Crippen LogP contribution >= 0.6 is 23.2 Å². The van der Waals surface area contributed by atoms with E-state index in [1.807, 2.05) is 27.7 Å². The number of carbonyl (C=O) groups excluding carboxylic acids is 8. The topological polar surface area (TPSA) is 269 Å². The second-order valence-corrected chi connectivity index (χ2v) is 25.4. The van der Waals surface area contributed by atoms with Crippen LogP contribution in [0.1, 0.15) is 200 Å². The molecule has 4 saturated carbocycles. The predicted octanol–water partition coefficient (Wildman–Crippen LogP) is 11.7. The summed E-state index contributed by atoms with van der Waals surface area (Å²) in [4.78, 5) is 86.4. The lowest BCUT2D eigenvalue weighted by atomic mass is 9.71. The molecule has 0 saturated heterocycles. The Morgan fingerprint density at radius 3 is 0.939 bits per heavy atom. The van der Waals surface area contributed by atoms with Crippen molar-refractivity contribution in [1.82, 2.24) is 0 Å². The van der Waals surface area contributed by atoms with Crippen LogP contribution in [0, 0.1) is 45.3 Å². The molecule has 0 heterocycles. The number of hydrogen-bond acceptors (Lipinski definition) is 20. The number of aliphatic hydroxyl groups is 2. The third-order valence-electron chi connectivity index (χ3n) is 14.9. The highest BCUT2D eigenvalue weighted by Crippen LogP contribution is 2.43. The average Bonchev–Trinajstić information content (AvgIpc) is 3.37. The lowest BCUT2D eigenvalue weighted by Crippen LogP contribution is -2.33. The number of hydrogen-bond donors (Lipinski definition) is 2. The van der Waals surface area contributed by atoms with Crippen molar-refractivity contribution in [2.45, 2.75) is 224 Å². The van der Waals surface area contributed by atoms with Gasteiger partial charge in [-0.05, 0) is 176 Å². The van der Waals surface area contributed by atoms with Crippen LogP contribution in [0.4, 0.5) is 9.59 Å². The molecule has 22 heteroatoms. The van der Waals surface area contributed by atoms with Gasteiger partial charge in [-0.1, -0.05) is 81.1 Å². The minimum Gasteiger partial charge on any atom is -0.461 e. The molecule has 0 radical (unpaired) electrons. The van der Waals surface area contributed by atoms with E-state index in [0.29, 0.717) is 51.9 Å². The van der Waals surface area contributed by atoms with E-state index in [1.54, 1.807) is 13.8 Å². The Bertz CT molecular complexity index is 1730. The lowest BCUT2D eigenvalue weighted by molar-refractivity contribution is -0.166. The summed E-state index contributed by atoms with van der Waals surface area (Å²) < 4.78 is 48.0. The lowest BCUT2D eigenvalue weighted by Gasteiger charge is -2.37. The summed E-state index contributed by atoms with van der Waals surface area (Å²) in [6.45, 7) is 27.8. The van der Waals surface area contributed by atoms with Gasteiger partial charge in [-0.25, -0.2) is 33.6 Å². The molecule has 8 atom stereocenters. The highest BCUT2D eigenvalue weighted by Gasteiger charge is 2.36. The molecular weight excluding hydrogens is 1110 g/mol. The molecule has 4 aliphatic carbocycles. The molecule has 4 aliphatic rings.